The van der Waals surface area contributed by atoms with Crippen molar-refractivity contribution in [2.75, 3.05) is 0 Å². The van der Waals surface area contributed by atoms with Gasteiger partial charge < -0.3 is 5.11 Å². The second kappa shape index (κ2) is 3.40. The molecule has 13 heavy (non-hydrogen) atoms. The Kier molecular flexibility index (Phi) is 2.63. The van der Waals surface area contributed by atoms with Gasteiger partial charge in [0.05, 0.1) is 6.10 Å². The van der Waals surface area contributed by atoms with Crippen LogP contribution < -0.4 is 0 Å². The normalized spacial score (nSPS) is 33.3. The van der Waals surface area contributed by atoms with Gasteiger partial charge in [0, 0.05) is 11.8 Å². The van der Waals surface area contributed by atoms with Gasteiger partial charge in [-0.25, -0.2) is 0 Å². The highest BCUT2D eigenvalue weighted by atomic mass is 16.3. The van der Waals surface area contributed by atoms with Gasteiger partial charge >= 0.3 is 0 Å². The molecule has 70 valence electrons. The smallest absolute Gasteiger partial charge is 0.0956 e. The lowest BCUT2D eigenvalue weighted by molar-refractivity contribution is 0.238. The molecule has 0 unspecified atom stereocenters. The molecule has 1 heteroatoms. The Morgan fingerprint density at radius 1 is 1.46 bits per heavy atom. The average molecular weight is 176 g/mol. The minimum absolute atomic E-state index is 0.0673. The second-order valence-corrected chi connectivity index (χ2v) is 4.07. The number of terminal acetylenes is 1. The molecular weight excluding hydrogens is 160 g/mol. The summed E-state index contributed by atoms with van der Waals surface area (Å²) in [6.07, 6.45) is 9.70. The lowest BCUT2D eigenvalue weighted by Crippen LogP contribution is -2.22. The minimum atomic E-state index is -0.411. The van der Waals surface area contributed by atoms with Gasteiger partial charge in [0.15, 0.2) is 0 Å². The summed E-state index contributed by atoms with van der Waals surface area (Å²) >= 11 is 0. The quantitative estimate of drug-likeness (QED) is 0.480. The Labute approximate surface area is 80.2 Å². The van der Waals surface area contributed by atoms with Crippen molar-refractivity contribution in [3.05, 3.63) is 23.3 Å². The Morgan fingerprint density at radius 3 is 2.31 bits per heavy atom. The maximum absolute atomic E-state index is 9.66. The van der Waals surface area contributed by atoms with Gasteiger partial charge in [-0.2, -0.15) is 0 Å². The Hall–Kier alpha value is -1.00. The van der Waals surface area contributed by atoms with E-state index in [1.54, 1.807) is 0 Å². The van der Waals surface area contributed by atoms with Crippen LogP contribution in [-0.2, 0) is 0 Å². The summed E-state index contributed by atoms with van der Waals surface area (Å²) in [4.78, 5) is 0. The van der Waals surface area contributed by atoms with E-state index >= 15 is 0 Å². The number of hydrogen-bond donors (Lipinski definition) is 1. The Balaban J connectivity index is 2.99. The Morgan fingerprint density at radius 2 is 1.92 bits per heavy atom. The highest BCUT2D eigenvalue weighted by molar-refractivity contribution is 5.33. The molecule has 1 aliphatic carbocycles. The fourth-order valence-corrected chi connectivity index (χ4v) is 1.92. The van der Waals surface area contributed by atoms with Crippen LogP contribution in [-0.4, -0.2) is 11.2 Å². The van der Waals surface area contributed by atoms with Crippen LogP contribution in [0.15, 0.2) is 23.3 Å². The predicted molar refractivity (Wildman–Crippen MR) is 55.1 cm³/mol. The van der Waals surface area contributed by atoms with Crippen LogP contribution in [0.3, 0.4) is 0 Å². The van der Waals surface area contributed by atoms with Gasteiger partial charge in [0.2, 0.25) is 0 Å². The SMILES string of the molecule is C#CCC1(C)C=C(C)C(O)C(C)=C1. The first-order chi connectivity index (χ1) is 5.98. The van der Waals surface area contributed by atoms with E-state index in [1.165, 1.54) is 0 Å². The summed E-state index contributed by atoms with van der Waals surface area (Å²) in [7, 11) is 0. The summed E-state index contributed by atoms with van der Waals surface area (Å²) in [5.74, 6) is 2.66. The fraction of sp³-hybridized carbons (Fsp3) is 0.500. The lowest BCUT2D eigenvalue weighted by Gasteiger charge is -2.29. The molecule has 0 heterocycles. The molecule has 0 radical (unpaired) electrons. The zero-order valence-electron chi connectivity index (χ0n) is 8.46. The summed E-state index contributed by atoms with van der Waals surface area (Å²) in [5, 5.41) is 9.66. The van der Waals surface area contributed by atoms with Crippen molar-refractivity contribution >= 4 is 0 Å². The maximum Gasteiger partial charge on any atom is 0.0956 e. The van der Waals surface area contributed by atoms with E-state index in [9.17, 15) is 5.11 Å². The fourth-order valence-electron chi connectivity index (χ4n) is 1.92. The van der Waals surface area contributed by atoms with Crippen molar-refractivity contribution < 1.29 is 5.11 Å². The number of allylic oxidation sites excluding steroid dienone is 2. The molecule has 0 saturated carbocycles. The number of hydrogen-bond acceptors (Lipinski definition) is 1. The largest absolute Gasteiger partial charge is 0.384 e. The van der Waals surface area contributed by atoms with Crippen molar-refractivity contribution in [2.45, 2.75) is 33.3 Å². The molecule has 1 aliphatic rings. The topological polar surface area (TPSA) is 20.2 Å². The first kappa shape index (κ1) is 10.1. The zero-order chi connectivity index (χ0) is 10.1. The molecular formula is C12H16O. The van der Waals surface area contributed by atoms with Crippen LogP contribution in [0.25, 0.3) is 0 Å². The van der Waals surface area contributed by atoms with Crippen LogP contribution in [0, 0.1) is 17.8 Å². The van der Waals surface area contributed by atoms with Crippen molar-refractivity contribution in [1.82, 2.24) is 0 Å². The van der Waals surface area contributed by atoms with E-state index in [0.29, 0.717) is 6.42 Å². The third-order valence-corrected chi connectivity index (χ3v) is 2.46. The molecule has 0 atom stereocenters. The number of aliphatic hydroxyl groups excluding tert-OH is 1. The summed E-state index contributed by atoms with van der Waals surface area (Å²) in [6, 6.07) is 0. The van der Waals surface area contributed by atoms with E-state index in [0.717, 1.165) is 11.1 Å². The van der Waals surface area contributed by atoms with Crippen LogP contribution in [0.1, 0.15) is 27.2 Å². The van der Waals surface area contributed by atoms with Gasteiger partial charge in [-0.15, -0.1) is 12.3 Å². The maximum atomic E-state index is 9.66. The van der Waals surface area contributed by atoms with E-state index in [1.807, 2.05) is 13.8 Å². The van der Waals surface area contributed by atoms with Crippen molar-refractivity contribution in [3.63, 3.8) is 0 Å². The molecule has 0 aromatic carbocycles. The Bertz CT molecular complexity index is 282. The molecule has 0 spiro atoms. The van der Waals surface area contributed by atoms with E-state index < -0.39 is 6.10 Å². The van der Waals surface area contributed by atoms with Crippen LogP contribution in [0.2, 0.25) is 0 Å². The molecule has 1 rings (SSSR count). The van der Waals surface area contributed by atoms with Crippen molar-refractivity contribution in [2.24, 2.45) is 5.41 Å². The summed E-state index contributed by atoms with van der Waals surface area (Å²) in [6.45, 7) is 5.97. The van der Waals surface area contributed by atoms with Crippen LogP contribution >= 0.6 is 0 Å². The summed E-state index contributed by atoms with van der Waals surface area (Å²) < 4.78 is 0. The molecule has 0 amide bonds. The van der Waals surface area contributed by atoms with Gasteiger partial charge in [-0.05, 0) is 25.0 Å². The monoisotopic (exact) mass is 176 g/mol. The highest BCUT2D eigenvalue weighted by Crippen LogP contribution is 2.34. The number of aliphatic hydroxyl groups is 1. The number of rotatable bonds is 1. The molecule has 0 bridgehead atoms. The van der Waals surface area contributed by atoms with Crippen LogP contribution in [0.5, 0.6) is 0 Å². The molecule has 0 saturated heterocycles. The molecule has 0 fully saturated rings. The molecule has 1 N–H and O–H groups in total. The minimum Gasteiger partial charge on any atom is -0.384 e. The standard InChI is InChI=1S/C12H16O/c1-5-6-12(4)7-9(2)11(13)10(3)8-12/h1,7-8,11,13H,6H2,2-4H3. The van der Waals surface area contributed by atoms with Crippen molar-refractivity contribution in [1.29, 1.82) is 0 Å². The molecule has 0 aliphatic heterocycles. The third kappa shape index (κ3) is 2.02. The van der Waals surface area contributed by atoms with E-state index in [2.05, 4.69) is 25.0 Å². The molecule has 1 nitrogen and oxygen atoms in total. The van der Waals surface area contributed by atoms with Gasteiger partial charge in [0.1, 0.15) is 0 Å². The van der Waals surface area contributed by atoms with E-state index in [4.69, 9.17) is 6.42 Å². The highest BCUT2D eigenvalue weighted by Gasteiger charge is 2.25. The van der Waals surface area contributed by atoms with Crippen LogP contribution in [0.4, 0.5) is 0 Å². The molecule has 0 aromatic rings. The van der Waals surface area contributed by atoms with Gasteiger partial charge in [-0.1, -0.05) is 19.1 Å². The van der Waals surface area contributed by atoms with Gasteiger partial charge in [0.25, 0.3) is 0 Å². The van der Waals surface area contributed by atoms with Gasteiger partial charge in [-0.3, -0.25) is 0 Å². The predicted octanol–water partition coefficient (Wildman–Crippen LogP) is 2.28. The zero-order valence-corrected chi connectivity index (χ0v) is 8.46. The summed E-state index contributed by atoms with van der Waals surface area (Å²) in [5.41, 5.74) is 1.93. The van der Waals surface area contributed by atoms with E-state index in [-0.39, 0.29) is 5.41 Å². The van der Waals surface area contributed by atoms with Crippen molar-refractivity contribution in [3.8, 4) is 12.3 Å². The lowest BCUT2D eigenvalue weighted by atomic mass is 9.77. The third-order valence-electron chi connectivity index (χ3n) is 2.46. The second-order valence-electron chi connectivity index (χ2n) is 4.07. The first-order valence-electron chi connectivity index (χ1n) is 4.49. The average Bonchev–Trinajstić information content (AvgIpc) is 2.00. The first-order valence-corrected chi connectivity index (χ1v) is 4.49. The molecule has 0 aromatic heterocycles.